The molecule has 7 nitrogen and oxygen atoms in total. The fourth-order valence-electron chi connectivity index (χ4n) is 3.44. The van der Waals surface area contributed by atoms with Crippen LogP contribution in [0.5, 0.6) is 0 Å². The molecule has 140 valence electrons. The van der Waals surface area contributed by atoms with Gasteiger partial charge in [-0.05, 0) is 33.0 Å². The summed E-state index contributed by atoms with van der Waals surface area (Å²) in [5, 5.41) is 0. The Hall–Kier alpha value is -1.22. The van der Waals surface area contributed by atoms with Gasteiger partial charge >= 0.3 is 0 Å². The SMILES string of the molecule is CC(C)N1CCN(c2ncccc2S(=O)(=O)N2CCN(C)CC2)CC1. The zero-order valence-electron chi connectivity index (χ0n) is 15.4. The van der Waals surface area contributed by atoms with E-state index in [-0.39, 0.29) is 0 Å². The molecule has 0 atom stereocenters. The standard InChI is InChI=1S/C17H29N5O2S/c1-15(2)20-9-11-21(12-10-20)17-16(5-4-6-18-17)25(23,24)22-13-7-19(3)8-14-22/h4-6,15H,7-14H2,1-3H3. The van der Waals surface area contributed by atoms with Gasteiger partial charge in [0.1, 0.15) is 10.7 Å². The second kappa shape index (κ2) is 7.57. The van der Waals surface area contributed by atoms with E-state index in [9.17, 15) is 8.42 Å². The van der Waals surface area contributed by atoms with E-state index >= 15 is 0 Å². The van der Waals surface area contributed by atoms with Gasteiger partial charge in [0, 0.05) is 64.6 Å². The van der Waals surface area contributed by atoms with E-state index in [4.69, 9.17) is 0 Å². The Labute approximate surface area is 151 Å². The first-order valence-corrected chi connectivity index (χ1v) is 10.5. The molecule has 0 saturated carbocycles. The molecule has 0 spiro atoms. The third-order valence-electron chi connectivity index (χ3n) is 5.18. The molecule has 0 N–H and O–H groups in total. The maximum absolute atomic E-state index is 13.2. The summed E-state index contributed by atoms with van der Waals surface area (Å²) in [4.78, 5) is 11.5. The summed E-state index contributed by atoms with van der Waals surface area (Å²) < 4.78 is 27.9. The van der Waals surface area contributed by atoms with Gasteiger partial charge in [0.25, 0.3) is 0 Å². The first kappa shape index (κ1) is 18.6. The highest BCUT2D eigenvalue weighted by molar-refractivity contribution is 7.89. The Balaban J connectivity index is 1.82. The number of rotatable bonds is 4. The van der Waals surface area contributed by atoms with Crippen LogP contribution in [-0.4, -0.2) is 93.0 Å². The van der Waals surface area contributed by atoms with E-state index in [0.29, 0.717) is 29.8 Å². The second-order valence-electron chi connectivity index (χ2n) is 7.15. The second-order valence-corrected chi connectivity index (χ2v) is 9.06. The third kappa shape index (κ3) is 3.97. The molecule has 1 aromatic heterocycles. The van der Waals surface area contributed by atoms with Crippen LogP contribution in [0.4, 0.5) is 5.82 Å². The molecule has 0 unspecified atom stereocenters. The van der Waals surface area contributed by atoms with Gasteiger partial charge in [-0.3, -0.25) is 4.90 Å². The van der Waals surface area contributed by atoms with Crippen LogP contribution in [0.2, 0.25) is 0 Å². The molecule has 2 aliphatic heterocycles. The fraction of sp³-hybridized carbons (Fsp3) is 0.706. The van der Waals surface area contributed by atoms with Gasteiger partial charge in [0.05, 0.1) is 0 Å². The van der Waals surface area contributed by atoms with Crippen LogP contribution in [0.15, 0.2) is 23.2 Å². The van der Waals surface area contributed by atoms with Crippen LogP contribution < -0.4 is 4.90 Å². The summed E-state index contributed by atoms with van der Waals surface area (Å²) in [6, 6.07) is 3.93. The molecule has 3 rings (SSSR count). The molecule has 2 fully saturated rings. The van der Waals surface area contributed by atoms with Crippen molar-refractivity contribution in [3.63, 3.8) is 0 Å². The molecule has 2 saturated heterocycles. The average molecular weight is 368 g/mol. The van der Waals surface area contributed by atoms with Gasteiger partial charge in [-0.2, -0.15) is 4.31 Å². The van der Waals surface area contributed by atoms with Crippen molar-refractivity contribution in [3.05, 3.63) is 18.3 Å². The van der Waals surface area contributed by atoms with Gasteiger partial charge in [-0.1, -0.05) is 0 Å². The van der Waals surface area contributed by atoms with E-state index in [1.807, 2.05) is 7.05 Å². The zero-order valence-corrected chi connectivity index (χ0v) is 16.2. The summed E-state index contributed by atoms with van der Waals surface area (Å²) in [5.74, 6) is 0.602. The van der Waals surface area contributed by atoms with Crippen molar-refractivity contribution >= 4 is 15.8 Å². The molecular weight excluding hydrogens is 338 g/mol. The smallest absolute Gasteiger partial charge is 0.246 e. The molecule has 0 bridgehead atoms. The van der Waals surface area contributed by atoms with E-state index < -0.39 is 10.0 Å². The quantitative estimate of drug-likeness (QED) is 0.775. The topological polar surface area (TPSA) is 60.0 Å². The number of sulfonamides is 1. The Kier molecular flexibility index (Phi) is 5.62. The molecular formula is C17H29N5O2S. The lowest BCUT2D eigenvalue weighted by molar-refractivity contribution is 0.208. The summed E-state index contributed by atoms with van der Waals surface area (Å²) in [6.07, 6.45) is 1.69. The van der Waals surface area contributed by atoms with E-state index in [1.165, 1.54) is 0 Å². The van der Waals surface area contributed by atoms with Gasteiger partial charge in [-0.25, -0.2) is 13.4 Å². The number of piperazine rings is 2. The number of likely N-dealkylation sites (N-methyl/N-ethyl adjacent to an activating group) is 1. The number of aromatic nitrogens is 1. The Bertz CT molecular complexity index is 678. The van der Waals surface area contributed by atoms with Crippen LogP contribution >= 0.6 is 0 Å². The highest BCUT2D eigenvalue weighted by Gasteiger charge is 2.32. The van der Waals surface area contributed by atoms with Gasteiger partial charge in [0.2, 0.25) is 10.0 Å². The predicted molar refractivity (Wildman–Crippen MR) is 99.4 cm³/mol. The maximum atomic E-state index is 13.2. The maximum Gasteiger partial charge on any atom is 0.246 e. The number of nitrogens with zero attached hydrogens (tertiary/aromatic N) is 5. The van der Waals surface area contributed by atoms with Crippen molar-refractivity contribution in [1.29, 1.82) is 0 Å². The first-order chi connectivity index (χ1) is 11.9. The van der Waals surface area contributed by atoms with Crippen LogP contribution in [0.3, 0.4) is 0 Å². The van der Waals surface area contributed by atoms with Crippen LogP contribution in [0, 0.1) is 0 Å². The molecule has 25 heavy (non-hydrogen) atoms. The molecule has 2 aliphatic rings. The lowest BCUT2D eigenvalue weighted by Gasteiger charge is -2.38. The van der Waals surface area contributed by atoms with Crippen molar-refractivity contribution in [3.8, 4) is 0 Å². The van der Waals surface area contributed by atoms with Crippen molar-refractivity contribution in [2.45, 2.75) is 24.8 Å². The monoisotopic (exact) mass is 367 g/mol. The largest absolute Gasteiger partial charge is 0.353 e. The lowest BCUT2D eigenvalue weighted by Crippen LogP contribution is -2.50. The van der Waals surface area contributed by atoms with Crippen LogP contribution in [0.1, 0.15) is 13.8 Å². The molecule has 3 heterocycles. The van der Waals surface area contributed by atoms with Gasteiger partial charge in [-0.15, -0.1) is 0 Å². The van der Waals surface area contributed by atoms with E-state index in [0.717, 1.165) is 39.3 Å². The van der Waals surface area contributed by atoms with E-state index in [1.54, 1.807) is 22.6 Å². The number of anilines is 1. The summed E-state index contributed by atoms with van der Waals surface area (Å²) in [6.45, 7) is 10.5. The highest BCUT2D eigenvalue weighted by atomic mass is 32.2. The zero-order chi connectivity index (χ0) is 18.0. The van der Waals surface area contributed by atoms with Gasteiger partial charge < -0.3 is 9.80 Å². The predicted octanol–water partition coefficient (Wildman–Crippen LogP) is 0.548. The normalized spacial score (nSPS) is 21.8. The summed E-state index contributed by atoms with van der Waals surface area (Å²) in [5.41, 5.74) is 0. The first-order valence-electron chi connectivity index (χ1n) is 9.02. The molecule has 8 heteroatoms. The minimum atomic E-state index is -3.51. The Morgan fingerprint density at radius 3 is 2.24 bits per heavy atom. The Morgan fingerprint density at radius 1 is 1.00 bits per heavy atom. The Morgan fingerprint density at radius 2 is 1.64 bits per heavy atom. The summed E-state index contributed by atoms with van der Waals surface area (Å²) >= 11 is 0. The number of hydrogen-bond donors (Lipinski definition) is 0. The molecule has 0 radical (unpaired) electrons. The minimum Gasteiger partial charge on any atom is -0.353 e. The van der Waals surface area contributed by atoms with Crippen molar-refractivity contribution in [2.75, 3.05) is 64.3 Å². The van der Waals surface area contributed by atoms with Crippen molar-refractivity contribution < 1.29 is 8.42 Å². The van der Waals surface area contributed by atoms with Crippen molar-refractivity contribution in [1.82, 2.24) is 19.1 Å². The number of pyridine rings is 1. The third-order valence-corrected chi connectivity index (χ3v) is 7.09. The minimum absolute atomic E-state index is 0.345. The molecule has 1 aromatic rings. The molecule has 0 amide bonds. The summed E-state index contributed by atoms with van der Waals surface area (Å²) in [7, 11) is -1.48. The average Bonchev–Trinajstić information content (AvgIpc) is 2.62. The molecule has 0 aliphatic carbocycles. The van der Waals surface area contributed by atoms with Crippen LogP contribution in [-0.2, 0) is 10.0 Å². The van der Waals surface area contributed by atoms with Gasteiger partial charge in [0.15, 0.2) is 0 Å². The van der Waals surface area contributed by atoms with Crippen molar-refractivity contribution in [2.24, 2.45) is 0 Å². The molecule has 0 aromatic carbocycles. The van der Waals surface area contributed by atoms with Crippen LogP contribution in [0.25, 0.3) is 0 Å². The lowest BCUT2D eigenvalue weighted by atomic mass is 10.2. The fourth-order valence-corrected chi connectivity index (χ4v) is 5.02. The number of hydrogen-bond acceptors (Lipinski definition) is 6. The van der Waals surface area contributed by atoms with E-state index in [2.05, 4.69) is 33.5 Å². The highest BCUT2D eigenvalue weighted by Crippen LogP contribution is 2.27.